The van der Waals surface area contributed by atoms with E-state index >= 15 is 0 Å². The van der Waals surface area contributed by atoms with Crippen LogP contribution in [0.15, 0.2) is 41.8 Å². The molecule has 1 aromatic heterocycles. The van der Waals surface area contributed by atoms with Crippen LogP contribution in [0.4, 0.5) is 5.69 Å². The number of nitro benzene ring substituents is 1. The zero-order valence-electron chi connectivity index (χ0n) is 11.0. The number of amides is 1. The highest BCUT2D eigenvalue weighted by molar-refractivity contribution is 7.99. The van der Waals surface area contributed by atoms with Gasteiger partial charge in [0.1, 0.15) is 5.37 Å². The lowest BCUT2D eigenvalue weighted by molar-refractivity contribution is -0.384. The van der Waals surface area contributed by atoms with Crippen LogP contribution in [0, 0.1) is 10.1 Å². The van der Waals surface area contributed by atoms with E-state index in [1.165, 1.54) is 24.3 Å². The molecule has 0 saturated carbocycles. The number of nitrogens with zero attached hydrogens (tertiary/aromatic N) is 2. The average Bonchev–Trinajstić information content (AvgIpc) is 3.17. The monoisotopic (exact) mass is 320 g/mol. The van der Waals surface area contributed by atoms with Crippen molar-refractivity contribution in [3.05, 3.63) is 62.3 Å². The summed E-state index contributed by atoms with van der Waals surface area (Å²) in [4.78, 5) is 25.8. The maximum absolute atomic E-state index is 12.6. The Bertz CT molecular complexity index is 655. The third kappa shape index (κ3) is 2.79. The highest BCUT2D eigenvalue weighted by atomic mass is 32.2. The van der Waals surface area contributed by atoms with Crippen molar-refractivity contribution in [3.63, 3.8) is 0 Å². The summed E-state index contributed by atoms with van der Waals surface area (Å²) in [6.07, 6.45) is 0. The fraction of sp³-hybridized carbons (Fsp3) is 0.214. The van der Waals surface area contributed by atoms with E-state index in [4.69, 9.17) is 0 Å². The Kier molecular flexibility index (Phi) is 3.94. The number of carbonyl (C=O) groups is 1. The lowest BCUT2D eigenvalue weighted by atomic mass is 10.2. The van der Waals surface area contributed by atoms with E-state index in [0.717, 1.165) is 10.6 Å². The van der Waals surface area contributed by atoms with E-state index in [9.17, 15) is 14.9 Å². The normalized spacial score (nSPS) is 17.9. The van der Waals surface area contributed by atoms with Crippen molar-refractivity contribution in [2.45, 2.75) is 5.37 Å². The first-order chi connectivity index (χ1) is 10.2. The van der Waals surface area contributed by atoms with Gasteiger partial charge in [-0.25, -0.2) is 0 Å². The van der Waals surface area contributed by atoms with Crippen molar-refractivity contribution in [2.75, 3.05) is 12.3 Å². The molecule has 1 unspecified atom stereocenters. The molecule has 0 spiro atoms. The number of hydrogen-bond donors (Lipinski definition) is 0. The highest BCUT2D eigenvalue weighted by Gasteiger charge is 2.31. The first-order valence-electron chi connectivity index (χ1n) is 6.37. The third-order valence-corrected chi connectivity index (χ3v) is 5.58. The standard InChI is InChI=1S/C14H12N2O3S2/c17-13(10-3-5-11(6-4-10)16(18)19)15-7-9-21-14(15)12-2-1-8-20-12/h1-6,8,14H,7,9H2. The molecule has 1 amide bonds. The van der Waals surface area contributed by atoms with Crippen molar-refractivity contribution in [1.29, 1.82) is 0 Å². The van der Waals surface area contributed by atoms with Crippen LogP contribution >= 0.6 is 23.1 Å². The van der Waals surface area contributed by atoms with Crippen LogP contribution in [-0.2, 0) is 0 Å². The molecule has 7 heteroatoms. The minimum absolute atomic E-state index is 0.00264. The molecule has 0 N–H and O–H groups in total. The number of thioether (sulfide) groups is 1. The summed E-state index contributed by atoms with van der Waals surface area (Å²) in [5.41, 5.74) is 0.488. The summed E-state index contributed by atoms with van der Waals surface area (Å²) in [7, 11) is 0. The van der Waals surface area contributed by atoms with Gasteiger partial charge >= 0.3 is 0 Å². The summed E-state index contributed by atoms with van der Waals surface area (Å²) in [6, 6.07) is 9.80. The van der Waals surface area contributed by atoms with Gasteiger partial charge in [-0.2, -0.15) is 0 Å². The molecule has 1 fully saturated rings. The Morgan fingerprint density at radius 2 is 2.05 bits per heavy atom. The topological polar surface area (TPSA) is 63.4 Å². The number of benzene rings is 1. The van der Waals surface area contributed by atoms with Crippen LogP contribution in [0.2, 0.25) is 0 Å². The Labute approximate surface area is 129 Å². The smallest absolute Gasteiger partial charge is 0.269 e. The van der Waals surface area contributed by atoms with E-state index in [1.807, 2.05) is 22.4 Å². The minimum Gasteiger partial charge on any atom is -0.321 e. The van der Waals surface area contributed by atoms with Gasteiger partial charge in [0.15, 0.2) is 0 Å². The van der Waals surface area contributed by atoms with Crippen LogP contribution in [0.3, 0.4) is 0 Å². The van der Waals surface area contributed by atoms with Crippen LogP contribution < -0.4 is 0 Å². The Morgan fingerprint density at radius 3 is 2.67 bits per heavy atom. The van der Waals surface area contributed by atoms with E-state index < -0.39 is 4.92 Å². The minimum atomic E-state index is -0.464. The SMILES string of the molecule is O=C(c1ccc([N+](=O)[O-])cc1)N1CCSC1c1cccs1. The zero-order chi connectivity index (χ0) is 14.8. The van der Waals surface area contributed by atoms with Crippen molar-refractivity contribution < 1.29 is 9.72 Å². The average molecular weight is 320 g/mol. The number of non-ortho nitro benzene ring substituents is 1. The summed E-state index contributed by atoms with van der Waals surface area (Å²) in [5.74, 6) is 0.828. The number of nitro groups is 1. The van der Waals surface area contributed by atoms with Gasteiger partial charge in [-0.3, -0.25) is 14.9 Å². The Hall–Kier alpha value is -1.86. The zero-order valence-corrected chi connectivity index (χ0v) is 12.6. The fourth-order valence-corrected chi connectivity index (χ4v) is 4.47. The lowest BCUT2D eigenvalue weighted by Crippen LogP contribution is -2.30. The molecule has 0 radical (unpaired) electrons. The molecule has 1 aliphatic heterocycles. The molecule has 21 heavy (non-hydrogen) atoms. The molecule has 2 heterocycles. The molecule has 1 atom stereocenters. The van der Waals surface area contributed by atoms with Crippen molar-refractivity contribution >= 4 is 34.7 Å². The Morgan fingerprint density at radius 1 is 1.29 bits per heavy atom. The number of thiophene rings is 1. The summed E-state index contributed by atoms with van der Waals surface area (Å²) in [6.45, 7) is 0.697. The number of rotatable bonds is 3. The first kappa shape index (κ1) is 14.1. The summed E-state index contributed by atoms with van der Waals surface area (Å²) >= 11 is 3.39. The molecule has 3 rings (SSSR count). The molecular formula is C14H12N2O3S2. The molecule has 0 bridgehead atoms. The largest absolute Gasteiger partial charge is 0.321 e. The van der Waals surface area contributed by atoms with E-state index in [0.29, 0.717) is 12.1 Å². The van der Waals surface area contributed by atoms with Crippen molar-refractivity contribution in [1.82, 2.24) is 4.90 Å². The predicted molar refractivity (Wildman–Crippen MR) is 83.7 cm³/mol. The maximum Gasteiger partial charge on any atom is 0.269 e. The molecule has 2 aromatic rings. The van der Waals surface area contributed by atoms with Gasteiger partial charge in [0.25, 0.3) is 11.6 Å². The molecule has 1 aliphatic rings. The summed E-state index contributed by atoms with van der Waals surface area (Å²) < 4.78 is 0. The highest BCUT2D eigenvalue weighted by Crippen LogP contribution is 2.40. The van der Waals surface area contributed by atoms with E-state index in [1.54, 1.807) is 23.1 Å². The second kappa shape index (κ2) is 5.87. The van der Waals surface area contributed by atoms with Gasteiger partial charge in [0, 0.05) is 34.9 Å². The van der Waals surface area contributed by atoms with Gasteiger partial charge in [0.2, 0.25) is 0 Å². The van der Waals surface area contributed by atoms with Crippen LogP contribution in [-0.4, -0.2) is 28.0 Å². The van der Waals surface area contributed by atoms with Gasteiger partial charge in [0.05, 0.1) is 4.92 Å². The fourth-order valence-electron chi connectivity index (χ4n) is 2.24. The van der Waals surface area contributed by atoms with Crippen molar-refractivity contribution in [2.24, 2.45) is 0 Å². The summed E-state index contributed by atoms with van der Waals surface area (Å²) in [5, 5.41) is 12.7. The van der Waals surface area contributed by atoms with Crippen LogP contribution in [0.1, 0.15) is 20.6 Å². The molecular weight excluding hydrogens is 308 g/mol. The van der Waals surface area contributed by atoms with Gasteiger partial charge in [-0.1, -0.05) is 6.07 Å². The Balaban J connectivity index is 1.82. The van der Waals surface area contributed by atoms with E-state index in [-0.39, 0.29) is 17.0 Å². The third-order valence-electron chi connectivity index (χ3n) is 3.26. The van der Waals surface area contributed by atoms with Gasteiger partial charge in [-0.15, -0.1) is 23.1 Å². The molecule has 5 nitrogen and oxygen atoms in total. The quantitative estimate of drug-likeness (QED) is 0.641. The second-order valence-corrected chi connectivity index (χ2v) is 6.71. The van der Waals surface area contributed by atoms with Crippen LogP contribution in [0.5, 0.6) is 0 Å². The van der Waals surface area contributed by atoms with Gasteiger partial charge in [-0.05, 0) is 23.6 Å². The number of hydrogen-bond acceptors (Lipinski definition) is 5. The molecule has 0 aliphatic carbocycles. The second-order valence-electron chi connectivity index (χ2n) is 4.54. The van der Waals surface area contributed by atoms with E-state index in [2.05, 4.69) is 0 Å². The van der Waals surface area contributed by atoms with Crippen LogP contribution in [0.25, 0.3) is 0 Å². The molecule has 108 valence electrons. The molecule has 1 saturated heterocycles. The van der Waals surface area contributed by atoms with Crippen molar-refractivity contribution in [3.8, 4) is 0 Å². The maximum atomic E-state index is 12.6. The molecule has 1 aromatic carbocycles. The lowest BCUT2D eigenvalue weighted by Gasteiger charge is -2.22. The number of carbonyl (C=O) groups excluding carboxylic acids is 1. The predicted octanol–water partition coefficient (Wildman–Crippen LogP) is 3.54. The van der Waals surface area contributed by atoms with Gasteiger partial charge < -0.3 is 4.90 Å². The first-order valence-corrected chi connectivity index (χ1v) is 8.30.